The average Bonchev–Trinajstić information content (AvgIpc) is 3.19. The summed E-state index contributed by atoms with van der Waals surface area (Å²) in [5, 5.41) is 3.90. The van der Waals surface area contributed by atoms with Crippen LogP contribution in [0.3, 0.4) is 0 Å². The lowest BCUT2D eigenvalue weighted by atomic mass is 10.1. The van der Waals surface area contributed by atoms with Crippen molar-refractivity contribution in [3.05, 3.63) is 74.3 Å². The molecule has 1 fully saturated rings. The standard InChI is InChI=1S/C21H18Cl2FN3OS/c22-15-3-6-18(23)17(11-15)21(28)27-9-7-26(8-10-27)12-20-25-19(13-29-20)14-1-4-16(24)5-2-14/h1-6,11,13H,7-10,12H2. The van der Waals surface area contributed by atoms with Crippen molar-refractivity contribution in [1.29, 1.82) is 0 Å². The second kappa shape index (κ2) is 8.79. The number of hydrogen-bond acceptors (Lipinski definition) is 4. The molecule has 4 nitrogen and oxygen atoms in total. The molecule has 3 aromatic rings. The number of thiazole rings is 1. The van der Waals surface area contributed by atoms with Gasteiger partial charge in [-0.3, -0.25) is 9.69 Å². The molecule has 0 saturated carbocycles. The molecule has 0 aliphatic carbocycles. The smallest absolute Gasteiger partial charge is 0.255 e. The number of hydrogen-bond donors (Lipinski definition) is 0. The number of benzene rings is 2. The van der Waals surface area contributed by atoms with Gasteiger partial charge in [0.05, 0.1) is 22.8 Å². The third-order valence-electron chi connectivity index (χ3n) is 4.87. The fourth-order valence-corrected chi connectivity index (χ4v) is 4.48. The number of carbonyl (C=O) groups excluding carboxylic acids is 1. The summed E-state index contributed by atoms with van der Waals surface area (Å²) in [5.41, 5.74) is 2.20. The number of carbonyl (C=O) groups is 1. The first-order valence-electron chi connectivity index (χ1n) is 9.16. The van der Waals surface area contributed by atoms with Crippen LogP contribution in [0.1, 0.15) is 15.4 Å². The van der Waals surface area contributed by atoms with Crippen LogP contribution in [-0.4, -0.2) is 46.9 Å². The van der Waals surface area contributed by atoms with Crippen molar-refractivity contribution in [3.8, 4) is 11.3 Å². The molecule has 4 rings (SSSR count). The molecule has 8 heteroatoms. The van der Waals surface area contributed by atoms with Crippen molar-refractivity contribution in [2.75, 3.05) is 26.2 Å². The molecule has 1 aliphatic heterocycles. The molecule has 2 aromatic carbocycles. The number of rotatable bonds is 4. The van der Waals surface area contributed by atoms with Crippen LogP contribution >= 0.6 is 34.5 Å². The molecule has 1 aliphatic rings. The largest absolute Gasteiger partial charge is 0.336 e. The first kappa shape index (κ1) is 20.3. The van der Waals surface area contributed by atoms with Gasteiger partial charge in [0.25, 0.3) is 5.91 Å². The third-order valence-corrected chi connectivity index (χ3v) is 6.27. The lowest BCUT2D eigenvalue weighted by molar-refractivity contribution is 0.0628. The van der Waals surface area contributed by atoms with Crippen molar-refractivity contribution in [2.24, 2.45) is 0 Å². The summed E-state index contributed by atoms with van der Waals surface area (Å²) in [7, 11) is 0. The van der Waals surface area contributed by atoms with Gasteiger partial charge >= 0.3 is 0 Å². The normalized spacial score (nSPS) is 14.9. The quantitative estimate of drug-likeness (QED) is 0.548. The maximum absolute atomic E-state index is 13.1. The van der Waals surface area contributed by atoms with E-state index in [-0.39, 0.29) is 11.7 Å². The number of halogens is 3. The Morgan fingerprint density at radius 1 is 1.07 bits per heavy atom. The molecular weight excluding hydrogens is 432 g/mol. The maximum atomic E-state index is 13.1. The van der Waals surface area contributed by atoms with Gasteiger partial charge in [0.15, 0.2) is 0 Å². The van der Waals surface area contributed by atoms with E-state index < -0.39 is 0 Å². The van der Waals surface area contributed by atoms with Gasteiger partial charge < -0.3 is 4.90 Å². The zero-order chi connectivity index (χ0) is 20.4. The Labute approximate surface area is 182 Å². The van der Waals surface area contributed by atoms with E-state index in [0.717, 1.165) is 35.9 Å². The van der Waals surface area contributed by atoms with Gasteiger partial charge in [-0.25, -0.2) is 9.37 Å². The molecule has 0 radical (unpaired) electrons. The summed E-state index contributed by atoms with van der Waals surface area (Å²) >= 11 is 13.8. The summed E-state index contributed by atoms with van der Waals surface area (Å²) in [4.78, 5) is 21.5. The fraction of sp³-hybridized carbons (Fsp3) is 0.238. The summed E-state index contributed by atoms with van der Waals surface area (Å²) in [6.45, 7) is 3.49. The van der Waals surface area contributed by atoms with Crippen molar-refractivity contribution in [3.63, 3.8) is 0 Å². The van der Waals surface area contributed by atoms with Crippen LogP contribution in [0.2, 0.25) is 10.0 Å². The zero-order valence-corrected chi connectivity index (χ0v) is 17.8. The Balaban J connectivity index is 1.35. The van der Waals surface area contributed by atoms with Crippen molar-refractivity contribution in [1.82, 2.24) is 14.8 Å². The molecule has 0 bridgehead atoms. The number of amides is 1. The summed E-state index contributed by atoms with van der Waals surface area (Å²) in [6, 6.07) is 11.3. The highest BCUT2D eigenvalue weighted by molar-refractivity contribution is 7.09. The van der Waals surface area contributed by atoms with Gasteiger partial charge in [0.2, 0.25) is 0 Å². The van der Waals surface area contributed by atoms with E-state index in [2.05, 4.69) is 9.88 Å². The Morgan fingerprint density at radius 3 is 2.52 bits per heavy atom. The molecule has 1 amide bonds. The molecule has 0 unspecified atom stereocenters. The first-order chi connectivity index (χ1) is 14.0. The highest BCUT2D eigenvalue weighted by atomic mass is 35.5. The second-order valence-electron chi connectivity index (χ2n) is 6.83. The van der Waals surface area contributed by atoms with Gasteiger partial charge in [0.1, 0.15) is 10.8 Å². The van der Waals surface area contributed by atoms with Crippen LogP contribution in [-0.2, 0) is 6.54 Å². The topological polar surface area (TPSA) is 36.4 Å². The SMILES string of the molecule is O=C(c1cc(Cl)ccc1Cl)N1CCN(Cc2nc(-c3ccc(F)cc3)cs2)CC1. The van der Waals surface area contributed by atoms with Crippen LogP contribution in [0, 0.1) is 5.82 Å². The minimum absolute atomic E-state index is 0.0926. The predicted octanol–water partition coefficient (Wildman–Crippen LogP) is 5.21. The number of nitrogens with zero attached hydrogens (tertiary/aromatic N) is 3. The third kappa shape index (κ3) is 4.78. The summed E-state index contributed by atoms with van der Waals surface area (Å²) in [6.07, 6.45) is 0. The Bertz CT molecular complexity index is 1020. The molecule has 0 N–H and O–H groups in total. The molecular formula is C21H18Cl2FN3OS. The van der Waals surface area contributed by atoms with Gasteiger partial charge in [-0.05, 0) is 42.5 Å². The van der Waals surface area contributed by atoms with E-state index in [1.165, 1.54) is 12.1 Å². The van der Waals surface area contributed by atoms with E-state index in [1.54, 1.807) is 46.6 Å². The minimum Gasteiger partial charge on any atom is -0.336 e. The van der Waals surface area contributed by atoms with Gasteiger partial charge in [0, 0.05) is 42.1 Å². The van der Waals surface area contributed by atoms with Crippen LogP contribution in [0.5, 0.6) is 0 Å². The molecule has 1 aromatic heterocycles. The van der Waals surface area contributed by atoms with Crippen molar-refractivity contribution < 1.29 is 9.18 Å². The average molecular weight is 450 g/mol. The Hall–Kier alpha value is -1.99. The highest BCUT2D eigenvalue weighted by Gasteiger charge is 2.24. The number of piperazine rings is 1. The van der Waals surface area contributed by atoms with Crippen LogP contribution in [0.15, 0.2) is 47.8 Å². The first-order valence-corrected chi connectivity index (χ1v) is 10.8. The lowest BCUT2D eigenvalue weighted by Crippen LogP contribution is -2.48. The van der Waals surface area contributed by atoms with Crippen molar-refractivity contribution in [2.45, 2.75) is 6.54 Å². The van der Waals surface area contributed by atoms with E-state index in [4.69, 9.17) is 23.2 Å². The summed E-state index contributed by atoms with van der Waals surface area (Å²) < 4.78 is 13.1. The Kier molecular flexibility index (Phi) is 6.15. The van der Waals surface area contributed by atoms with Crippen LogP contribution in [0.25, 0.3) is 11.3 Å². The zero-order valence-electron chi connectivity index (χ0n) is 15.4. The van der Waals surface area contributed by atoms with Crippen LogP contribution in [0.4, 0.5) is 4.39 Å². The molecule has 0 spiro atoms. The van der Waals surface area contributed by atoms with Crippen molar-refractivity contribution >= 4 is 40.4 Å². The number of aromatic nitrogens is 1. The van der Waals surface area contributed by atoms with E-state index in [9.17, 15) is 9.18 Å². The van der Waals surface area contributed by atoms with Crippen LogP contribution < -0.4 is 0 Å². The van der Waals surface area contributed by atoms with Gasteiger partial charge in [-0.1, -0.05) is 23.2 Å². The van der Waals surface area contributed by atoms with E-state index >= 15 is 0 Å². The molecule has 0 atom stereocenters. The van der Waals surface area contributed by atoms with Gasteiger partial charge in [-0.2, -0.15) is 0 Å². The van der Waals surface area contributed by atoms with Gasteiger partial charge in [-0.15, -0.1) is 11.3 Å². The molecule has 2 heterocycles. The Morgan fingerprint density at radius 2 is 1.79 bits per heavy atom. The van der Waals surface area contributed by atoms with E-state index in [0.29, 0.717) is 28.7 Å². The summed E-state index contributed by atoms with van der Waals surface area (Å²) in [5.74, 6) is -0.347. The fourth-order valence-electron chi connectivity index (χ4n) is 3.27. The molecule has 29 heavy (non-hydrogen) atoms. The molecule has 150 valence electrons. The predicted molar refractivity (Wildman–Crippen MR) is 115 cm³/mol. The highest BCUT2D eigenvalue weighted by Crippen LogP contribution is 2.25. The monoisotopic (exact) mass is 449 g/mol. The second-order valence-corrected chi connectivity index (χ2v) is 8.61. The lowest BCUT2D eigenvalue weighted by Gasteiger charge is -2.34. The minimum atomic E-state index is -0.254. The van der Waals surface area contributed by atoms with E-state index in [1.807, 2.05) is 5.38 Å². The maximum Gasteiger partial charge on any atom is 0.255 e. The molecule has 1 saturated heterocycles.